The third-order valence-corrected chi connectivity index (χ3v) is 3.79. The molecule has 0 saturated carbocycles. The Morgan fingerprint density at radius 1 is 1.42 bits per heavy atom. The largest absolute Gasteiger partial charge is 0.350 e. The van der Waals surface area contributed by atoms with E-state index in [2.05, 4.69) is 20.3 Å². The second-order valence-corrected chi connectivity index (χ2v) is 5.89. The monoisotopic (exact) mass is 354 g/mol. The van der Waals surface area contributed by atoms with Gasteiger partial charge in [0.2, 0.25) is 5.91 Å². The number of aromatic amines is 1. The number of nitrogens with one attached hydrogen (secondary N) is 2. The number of carbonyl (C=O) groups excluding carboxylic acids is 1. The van der Waals surface area contributed by atoms with Gasteiger partial charge in [-0.3, -0.25) is 14.6 Å². The van der Waals surface area contributed by atoms with Crippen molar-refractivity contribution in [2.24, 2.45) is 0 Å². The standard InChI is InChI=1S/C15H16F2N4O2S/c1-9-11(13(23)21-15(20-9)24-14(16)17)5-6-12(22)19-8-10-4-2-3-7-18-10/h2-4,7,14H,5-6,8H2,1H3,(H,19,22)(H,20,21,23). The number of alkyl halides is 2. The van der Waals surface area contributed by atoms with E-state index in [1.54, 1.807) is 25.3 Å². The van der Waals surface area contributed by atoms with Gasteiger partial charge in [-0.2, -0.15) is 8.78 Å². The molecule has 2 aromatic heterocycles. The lowest BCUT2D eigenvalue weighted by Gasteiger charge is -2.07. The highest BCUT2D eigenvalue weighted by molar-refractivity contribution is 7.99. The van der Waals surface area contributed by atoms with Crippen LogP contribution in [-0.2, 0) is 17.8 Å². The minimum atomic E-state index is -2.66. The van der Waals surface area contributed by atoms with Crippen LogP contribution in [0.2, 0.25) is 0 Å². The van der Waals surface area contributed by atoms with Crippen molar-refractivity contribution >= 4 is 17.7 Å². The normalized spacial score (nSPS) is 10.8. The molecule has 0 bridgehead atoms. The summed E-state index contributed by atoms with van der Waals surface area (Å²) in [5.41, 5.74) is 0.902. The van der Waals surface area contributed by atoms with Gasteiger partial charge in [0.1, 0.15) is 0 Å². The van der Waals surface area contributed by atoms with Gasteiger partial charge in [0, 0.05) is 23.9 Å². The Labute approximate surface area is 141 Å². The zero-order valence-corrected chi connectivity index (χ0v) is 13.7. The Morgan fingerprint density at radius 3 is 2.83 bits per heavy atom. The molecule has 6 nitrogen and oxygen atoms in total. The van der Waals surface area contributed by atoms with Crippen molar-refractivity contribution in [1.29, 1.82) is 0 Å². The van der Waals surface area contributed by atoms with Gasteiger partial charge >= 0.3 is 0 Å². The van der Waals surface area contributed by atoms with Crippen LogP contribution in [-0.4, -0.2) is 26.6 Å². The molecule has 0 spiro atoms. The van der Waals surface area contributed by atoms with Crippen molar-refractivity contribution in [3.05, 3.63) is 51.7 Å². The lowest BCUT2D eigenvalue weighted by atomic mass is 10.1. The molecule has 24 heavy (non-hydrogen) atoms. The van der Waals surface area contributed by atoms with Crippen molar-refractivity contribution < 1.29 is 13.6 Å². The number of pyridine rings is 1. The number of hydrogen-bond acceptors (Lipinski definition) is 5. The van der Waals surface area contributed by atoms with E-state index in [0.717, 1.165) is 5.69 Å². The van der Waals surface area contributed by atoms with Crippen molar-refractivity contribution in [2.75, 3.05) is 0 Å². The molecule has 0 aliphatic heterocycles. The fourth-order valence-corrected chi connectivity index (χ4v) is 2.55. The number of aromatic nitrogens is 3. The fraction of sp³-hybridized carbons (Fsp3) is 0.333. The average Bonchev–Trinajstić information content (AvgIpc) is 2.52. The van der Waals surface area contributed by atoms with E-state index in [4.69, 9.17) is 0 Å². The molecule has 0 aliphatic carbocycles. The number of amides is 1. The highest BCUT2D eigenvalue weighted by Crippen LogP contribution is 2.20. The summed E-state index contributed by atoms with van der Waals surface area (Å²) in [6, 6.07) is 5.39. The van der Waals surface area contributed by atoms with Crippen molar-refractivity contribution in [1.82, 2.24) is 20.3 Å². The third-order valence-electron chi connectivity index (χ3n) is 3.20. The summed E-state index contributed by atoms with van der Waals surface area (Å²) in [5, 5.41) is 2.58. The molecule has 2 heterocycles. The maximum atomic E-state index is 12.3. The summed E-state index contributed by atoms with van der Waals surface area (Å²) in [6.45, 7) is 1.86. The minimum absolute atomic E-state index is 0.0970. The maximum Gasteiger partial charge on any atom is 0.291 e. The predicted molar refractivity (Wildman–Crippen MR) is 85.9 cm³/mol. The second-order valence-electron chi connectivity index (χ2n) is 4.91. The Bertz CT molecular complexity index is 753. The summed E-state index contributed by atoms with van der Waals surface area (Å²) in [4.78, 5) is 34.1. The first-order valence-electron chi connectivity index (χ1n) is 7.17. The van der Waals surface area contributed by atoms with Crippen LogP contribution in [0.15, 0.2) is 34.3 Å². The summed E-state index contributed by atoms with van der Waals surface area (Å²) in [6.07, 6.45) is 1.91. The Balaban J connectivity index is 1.91. The fourth-order valence-electron chi connectivity index (χ4n) is 2.04. The van der Waals surface area contributed by atoms with Crippen LogP contribution in [0.25, 0.3) is 0 Å². The molecule has 0 atom stereocenters. The molecular weight excluding hydrogens is 338 g/mol. The highest BCUT2D eigenvalue weighted by Gasteiger charge is 2.13. The molecule has 0 fully saturated rings. The number of thioether (sulfide) groups is 1. The predicted octanol–water partition coefficient (Wildman–Crippen LogP) is 2.04. The van der Waals surface area contributed by atoms with Gasteiger partial charge in [-0.25, -0.2) is 4.98 Å². The van der Waals surface area contributed by atoms with Crippen LogP contribution < -0.4 is 10.9 Å². The van der Waals surface area contributed by atoms with Gasteiger partial charge in [-0.05, 0) is 37.2 Å². The van der Waals surface area contributed by atoms with Crippen LogP contribution in [0, 0.1) is 6.92 Å². The Morgan fingerprint density at radius 2 is 2.21 bits per heavy atom. The molecule has 1 amide bonds. The molecule has 0 aromatic carbocycles. The van der Waals surface area contributed by atoms with Crippen LogP contribution in [0.1, 0.15) is 23.4 Å². The highest BCUT2D eigenvalue weighted by atomic mass is 32.2. The molecular formula is C15H16F2N4O2S. The summed E-state index contributed by atoms with van der Waals surface area (Å²) in [5.74, 6) is -2.89. The number of aryl methyl sites for hydroxylation is 1. The van der Waals surface area contributed by atoms with Gasteiger partial charge in [0.15, 0.2) is 5.16 Å². The number of halogens is 2. The molecule has 9 heteroatoms. The molecule has 128 valence electrons. The zero-order valence-electron chi connectivity index (χ0n) is 12.9. The Kier molecular flexibility index (Phi) is 6.42. The van der Waals surface area contributed by atoms with Crippen LogP contribution >= 0.6 is 11.8 Å². The van der Waals surface area contributed by atoms with E-state index in [1.165, 1.54) is 0 Å². The molecule has 2 aromatic rings. The van der Waals surface area contributed by atoms with Gasteiger partial charge in [-0.1, -0.05) is 6.07 Å². The van der Waals surface area contributed by atoms with E-state index in [0.29, 0.717) is 17.8 Å². The van der Waals surface area contributed by atoms with Gasteiger partial charge in [-0.15, -0.1) is 0 Å². The van der Waals surface area contributed by atoms with Gasteiger partial charge in [0.05, 0.1) is 12.2 Å². The molecule has 2 N–H and O–H groups in total. The van der Waals surface area contributed by atoms with E-state index < -0.39 is 11.3 Å². The van der Waals surface area contributed by atoms with Crippen molar-refractivity contribution in [2.45, 2.75) is 37.2 Å². The second kappa shape index (κ2) is 8.53. The maximum absolute atomic E-state index is 12.3. The number of hydrogen-bond donors (Lipinski definition) is 2. The first-order valence-corrected chi connectivity index (χ1v) is 8.05. The first kappa shape index (κ1) is 18.1. The van der Waals surface area contributed by atoms with Crippen molar-refractivity contribution in [3.63, 3.8) is 0 Å². The molecule has 0 unspecified atom stereocenters. The smallest absolute Gasteiger partial charge is 0.291 e. The van der Waals surface area contributed by atoms with E-state index >= 15 is 0 Å². The van der Waals surface area contributed by atoms with E-state index in [-0.39, 0.29) is 35.7 Å². The summed E-state index contributed by atoms with van der Waals surface area (Å²) >= 11 is 0.179. The van der Waals surface area contributed by atoms with Crippen LogP contribution in [0.3, 0.4) is 0 Å². The average molecular weight is 354 g/mol. The summed E-state index contributed by atoms with van der Waals surface area (Å²) < 4.78 is 24.6. The van der Waals surface area contributed by atoms with E-state index in [1.807, 2.05) is 6.07 Å². The number of carbonyl (C=O) groups is 1. The van der Waals surface area contributed by atoms with E-state index in [9.17, 15) is 18.4 Å². The minimum Gasteiger partial charge on any atom is -0.350 e. The number of nitrogens with zero attached hydrogens (tertiary/aromatic N) is 2. The SMILES string of the molecule is Cc1nc(SC(F)F)[nH]c(=O)c1CCC(=O)NCc1ccccn1. The number of rotatable bonds is 7. The Hall–Kier alpha value is -2.29. The lowest BCUT2D eigenvalue weighted by molar-refractivity contribution is -0.121. The van der Waals surface area contributed by atoms with Crippen molar-refractivity contribution in [3.8, 4) is 0 Å². The van der Waals surface area contributed by atoms with Gasteiger partial charge in [0.25, 0.3) is 11.3 Å². The molecule has 0 radical (unpaired) electrons. The van der Waals surface area contributed by atoms with Gasteiger partial charge < -0.3 is 10.3 Å². The molecule has 0 saturated heterocycles. The van der Waals surface area contributed by atoms with Crippen LogP contribution in [0.4, 0.5) is 8.78 Å². The molecule has 2 rings (SSSR count). The first-order chi connectivity index (χ1) is 11.5. The van der Waals surface area contributed by atoms with Crippen LogP contribution in [0.5, 0.6) is 0 Å². The topological polar surface area (TPSA) is 87.7 Å². The third kappa shape index (κ3) is 5.41. The zero-order chi connectivity index (χ0) is 17.5. The number of H-pyrrole nitrogens is 1. The lowest BCUT2D eigenvalue weighted by Crippen LogP contribution is -2.25. The summed E-state index contributed by atoms with van der Waals surface area (Å²) in [7, 11) is 0. The quantitative estimate of drug-likeness (QED) is 0.587. The molecule has 0 aliphatic rings.